The summed E-state index contributed by atoms with van der Waals surface area (Å²) in [5.41, 5.74) is 1.64. The van der Waals surface area contributed by atoms with Crippen LogP contribution in [0.25, 0.3) is 0 Å². The lowest BCUT2D eigenvalue weighted by Crippen LogP contribution is -2.51. The van der Waals surface area contributed by atoms with Gasteiger partial charge in [-0.1, -0.05) is 13.0 Å². The van der Waals surface area contributed by atoms with Crippen molar-refractivity contribution < 1.29 is 14.4 Å². The summed E-state index contributed by atoms with van der Waals surface area (Å²) in [5.74, 6) is -0.411. The van der Waals surface area contributed by atoms with Crippen molar-refractivity contribution in [2.24, 2.45) is 5.92 Å². The van der Waals surface area contributed by atoms with Crippen LogP contribution in [0.2, 0.25) is 0 Å². The Balaban J connectivity index is 1.74. The van der Waals surface area contributed by atoms with Gasteiger partial charge in [-0.05, 0) is 43.7 Å². The molecule has 4 amide bonds. The van der Waals surface area contributed by atoms with Crippen molar-refractivity contribution in [3.05, 3.63) is 30.1 Å². The first-order valence-corrected chi connectivity index (χ1v) is 7.40. The van der Waals surface area contributed by atoms with E-state index < -0.39 is 17.5 Å². The van der Waals surface area contributed by atoms with Gasteiger partial charge in [0.05, 0.1) is 0 Å². The van der Waals surface area contributed by atoms with Crippen LogP contribution >= 0.6 is 0 Å². The summed E-state index contributed by atoms with van der Waals surface area (Å²) in [6.45, 7) is 2.13. The van der Waals surface area contributed by atoms with Crippen molar-refractivity contribution >= 4 is 17.8 Å². The Kier molecular flexibility index (Phi) is 3.56. The van der Waals surface area contributed by atoms with Gasteiger partial charge in [-0.3, -0.25) is 20.0 Å². The van der Waals surface area contributed by atoms with Gasteiger partial charge in [0.25, 0.3) is 11.8 Å². The second-order valence-corrected chi connectivity index (χ2v) is 5.99. The van der Waals surface area contributed by atoms with E-state index in [0.29, 0.717) is 18.8 Å². The number of amides is 4. The molecular formula is C15H18N4O3. The second kappa shape index (κ2) is 5.40. The quantitative estimate of drug-likeness (QED) is 0.804. The number of nitrogens with zero attached hydrogens (tertiary/aromatic N) is 2. The van der Waals surface area contributed by atoms with Crippen LogP contribution in [0.3, 0.4) is 0 Å². The Labute approximate surface area is 128 Å². The minimum absolute atomic E-state index is 0.154. The van der Waals surface area contributed by atoms with Gasteiger partial charge < -0.3 is 5.32 Å². The van der Waals surface area contributed by atoms with Crippen LogP contribution in [-0.2, 0) is 4.79 Å². The number of urea groups is 1. The molecule has 1 aromatic heterocycles. The third-order valence-electron chi connectivity index (χ3n) is 4.40. The fraction of sp³-hybridized carbons (Fsp3) is 0.467. The highest BCUT2D eigenvalue weighted by molar-refractivity contribution is 6.09. The first-order chi connectivity index (χ1) is 10.5. The standard InChI is InChI=1S/C15H18N4O3/c1-10-5-7-15(8-6-10)13(21)19(14(22)17-15)18-12(20)11-4-2-3-9-16-11/h2-4,9-10H,5-8H2,1H3,(H,17,22)(H,18,20). The van der Waals surface area contributed by atoms with Gasteiger partial charge in [-0.25, -0.2) is 4.79 Å². The van der Waals surface area contributed by atoms with Gasteiger partial charge in [0.15, 0.2) is 0 Å². The van der Waals surface area contributed by atoms with Crippen LogP contribution in [0.15, 0.2) is 24.4 Å². The third kappa shape index (κ3) is 2.43. The monoisotopic (exact) mass is 302 g/mol. The van der Waals surface area contributed by atoms with Crippen LogP contribution in [0, 0.1) is 5.92 Å². The molecule has 1 saturated carbocycles. The number of rotatable bonds is 2. The van der Waals surface area contributed by atoms with Gasteiger partial charge >= 0.3 is 6.03 Å². The van der Waals surface area contributed by atoms with Crippen molar-refractivity contribution in [2.45, 2.75) is 38.1 Å². The van der Waals surface area contributed by atoms with E-state index in [4.69, 9.17) is 0 Å². The van der Waals surface area contributed by atoms with Gasteiger partial charge in [0, 0.05) is 6.20 Å². The highest BCUT2D eigenvalue weighted by atomic mass is 16.2. The lowest BCUT2D eigenvalue weighted by Gasteiger charge is -2.33. The summed E-state index contributed by atoms with van der Waals surface area (Å²) in [7, 11) is 0. The highest BCUT2D eigenvalue weighted by Crippen LogP contribution is 2.35. The Morgan fingerprint density at radius 2 is 2.09 bits per heavy atom. The highest BCUT2D eigenvalue weighted by Gasteiger charge is 2.52. The van der Waals surface area contributed by atoms with E-state index in [-0.39, 0.29) is 11.6 Å². The number of carbonyl (C=O) groups excluding carboxylic acids is 3. The summed E-state index contributed by atoms with van der Waals surface area (Å²) >= 11 is 0. The zero-order valence-electron chi connectivity index (χ0n) is 12.3. The summed E-state index contributed by atoms with van der Waals surface area (Å²) in [6, 6.07) is 4.29. The van der Waals surface area contributed by atoms with E-state index in [2.05, 4.69) is 22.7 Å². The largest absolute Gasteiger partial charge is 0.344 e. The van der Waals surface area contributed by atoms with E-state index in [0.717, 1.165) is 17.9 Å². The van der Waals surface area contributed by atoms with Crippen molar-refractivity contribution in [2.75, 3.05) is 0 Å². The maximum Gasteiger partial charge on any atom is 0.344 e. The molecule has 1 saturated heterocycles. The van der Waals surface area contributed by atoms with Crippen molar-refractivity contribution in [1.29, 1.82) is 0 Å². The predicted octanol–water partition coefficient (Wildman–Crippen LogP) is 1.23. The molecule has 1 aromatic rings. The number of nitrogens with one attached hydrogen (secondary N) is 2. The lowest BCUT2D eigenvalue weighted by molar-refractivity contribution is -0.134. The number of imide groups is 1. The Morgan fingerprint density at radius 3 is 2.73 bits per heavy atom. The van der Waals surface area contributed by atoms with E-state index in [1.54, 1.807) is 12.1 Å². The molecule has 0 radical (unpaired) electrons. The fourth-order valence-corrected chi connectivity index (χ4v) is 2.97. The van der Waals surface area contributed by atoms with Crippen LogP contribution in [0.4, 0.5) is 4.79 Å². The molecule has 2 heterocycles. The zero-order chi connectivity index (χ0) is 15.7. The number of aromatic nitrogens is 1. The molecule has 0 unspecified atom stereocenters. The lowest BCUT2D eigenvalue weighted by atomic mass is 9.77. The SMILES string of the molecule is CC1CCC2(CC1)NC(=O)N(NC(=O)c1ccccn1)C2=O. The fourth-order valence-electron chi connectivity index (χ4n) is 2.97. The minimum atomic E-state index is -0.860. The van der Waals surface area contributed by atoms with Crippen LogP contribution in [-0.4, -0.2) is 33.4 Å². The summed E-state index contributed by atoms with van der Waals surface area (Å²) < 4.78 is 0. The van der Waals surface area contributed by atoms with Gasteiger partial charge in [-0.15, -0.1) is 0 Å². The van der Waals surface area contributed by atoms with Gasteiger partial charge in [0.1, 0.15) is 11.2 Å². The first kappa shape index (κ1) is 14.5. The molecule has 1 aliphatic carbocycles. The number of hydrogen-bond acceptors (Lipinski definition) is 4. The number of hydrogen-bond donors (Lipinski definition) is 2. The second-order valence-electron chi connectivity index (χ2n) is 5.99. The van der Waals surface area contributed by atoms with Crippen molar-refractivity contribution in [3.63, 3.8) is 0 Å². The van der Waals surface area contributed by atoms with Crippen molar-refractivity contribution in [1.82, 2.24) is 20.7 Å². The number of pyridine rings is 1. The molecule has 0 atom stereocenters. The van der Waals surface area contributed by atoms with Crippen molar-refractivity contribution in [3.8, 4) is 0 Å². The van der Waals surface area contributed by atoms with Crippen LogP contribution in [0.5, 0.6) is 0 Å². The van der Waals surface area contributed by atoms with Gasteiger partial charge in [-0.2, -0.15) is 5.01 Å². The number of carbonyl (C=O) groups is 3. The molecule has 0 aromatic carbocycles. The van der Waals surface area contributed by atoms with E-state index in [1.807, 2.05) is 0 Å². The Hall–Kier alpha value is -2.44. The summed E-state index contributed by atoms with van der Waals surface area (Å²) in [4.78, 5) is 40.6. The minimum Gasteiger partial charge on any atom is -0.322 e. The molecule has 2 aliphatic rings. The Bertz CT molecular complexity index is 608. The molecule has 7 nitrogen and oxygen atoms in total. The third-order valence-corrected chi connectivity index (χ3v) is 4.40. The molecule has 1 aliphatic heterocycles. The average Bonchev–Trinajstić information content (AvgIpc) is 2.76. The smallest absolute Gasteiger partial charge is 0.322 e. The topological polar surface area (TPSA) is 91.4 Å². The van der Waals surface area contributed by atoms with E-state index >= 15 is 0 Å². The number of hydrazine groups is 1. The van der Waals surface area contributed by atoms with E-state index in [9.17, 15) is 14.4 Å². The molecule has 0 bridgehead atoms. The molecule has 1 spiro atoms. The predicted molar refractivity (Wildman–Crippen MR) is 77.4 cm³/mol. The summed E-state index contributed by atoms with van der Waals surface area (Å²) in [5, 5.41) is 3.53. The zero-order valence-corrected chi connectivity index (χ0v) is 12.3. The molecule has 2 fully saturated rings. The maximum atomic E-state index is 12.6. The molecule has 116 valence electrons. The normalized spacial score (nSPS) is 27.9. The molecule has 3 rings (SSSR count). The average molecular weight is 302 g/mol. The van der Waals surface area contributed by atoms with Gasteiger partial charge in [0.2, 0.25) is 0 Å². The summed E-state index contributed by atoms with van der Waals surface area (Å²) in [6.07, 6.45) is 4.45. The van der Waals surface area contributed by atoms with Crippen LogP contribution < -0.4 is 10.7 Å². The maximum absolute atomic E-state index is 12.6. The molecule has 7 heteroatoms. The van der Waals surface area contributed by atoms with Crippen LogP contribution in [0.1, 0.15) is 43.1 Å². The molecule has 22 heavy (non-hydrogen) atoms. The van der Waals surface area contributed by atoms with E-state index in [1.165, 1.54) is 12.3 Å². The molecular weight excluding hydrogens is 284 g/mol. The Morgan fingerprint density at radius 1 is 1.36 bits per heavy atom. The first-order valence-electron chi connectivity index (χ1n) is 7.40. The molecule has 2 N–H and O–H groups in total.